The van der Waals surface area contributed by atoms with Gasteiger partial charge in [-0.15, -0.1) is 0 Å². The van der Waals surface area contributed by atoms with Crippen LogP contribution >= 0.6 is 0 Å². The van der Waals surface area contributed by atoms with Crippen molar-refractivity contribution in [2.45, 2.75) is 77.5 Å². The van der Waals surface area contributed by atoms with Crippen molar-refractivity contribution >= 4 is 6.09 Å². The van der Waals surface area contributed by atoms with Crippen molar-refractivity contribution in [3.05, 3.63) is 0 Å². The second-order valence-corrected chi connectivity index (χ2v) is 6.63. The first-order chi connectivity index (χ1) is 8.74. The topological polar surface area (TPSA) is 59.6 Å². The number of carbonyl (C=O) groups excluding carboxylic acids is 1. The molecule has 0 aromatic carbocycles. The lowest BCUT2D eigenvalue weighted by molar-refractivity contribution is -0.0693. The van der Waals surface area contributed by atoms with Crippen molar-refractivity contribution in [1.29, 1.82) is 0 Å². The molecule has 0 aliphatic carbocycles. The number of carbonyl (C=O) groups is 1. The highest BCUT2D eigenvalue weighted by molar-refractivity contribution is 5.65. The Balaban J connectivity index is 2.34. The number of hydrogen-bond acceptors (Lipinski definition) is 4. The third-order valence-electron chi connectivity index (χ3n) is 3.19. The molecular weight excluding hydrogens is 244 g/mol. The van der Waals surface area contributed by atoms with Crippen LogP contribution in [0.1, 0.15) is 60.3 Å². The van der Waals surface area contributed by atoms with Crippen molar-refractivity contribution in [2.75, 3.05) is 6.61 Å². The average molecular weight is 272 g/mol. The first-order valence-corrected chi connectivity index (χ1v) is 7.12. The van der Waals surface area contributed by atoms with Crippen LogP contribution in [0.2, 0.25) is 0 Å². The SMILES string of the molecule is CCCCOC(=O)NOC1CC(C)(C)NC(C)(C)C1. The van der Waals surface area contributed by atoms with Gasteiger partial charge >= 0.3 is 6.09 Å². The maximum atomic E-state index is 11.4. The van der Waals surface area contributed by atoms with Crippen LogP contribution in [0.25, 0.3) is 0 Å². The van der Waals surface area contributed by atoms with Gasteiger partial charge in [-0.25, -0.2) is 4.79 Å². The minimum Gasteiger partial charge on any atom is -0.448 e. The molecule has 1 amide bonds. The van der Waals surface area contributed by atoms with Gasteiger partial charge in [0.05, 0.1) is 12.7 Å². The highest BCUT2D eigenvalue weighted by atomic mass is 16.7. The van der Waals surface area contributed by atoms with E-state index in [-0.39, 0.29) is 17.2 Å². The summed E-state index contributed by atoms with van der Waals surface area (Å²) in [6.45, 7) is 11.1. The molecule has 0 bridgehead atoms. The van der Waals surface area contributed by atoms with E-state index in [1.165, 1.54) is 0 Å². The van der Waals surface area contributed by atoms with E-state index in [1.807, 2.05) is 0 Å². The maximum absolute atomic E-state index is 11.4. The zero-order valence-corrected chi connectivity index (χ0v) is 12.8. The van der Waals surface area contributed by atoms with Crippen LogP contribution in [-0.4, -0.2) is 29.9 Å². The summed E-state index contributed by atoms with van der Waals surface area (Å²) in [5, 5.41) is 3.57. The van der Waals surface area contributed by atoms with E-state index in [0.717, 1.165) is 25.7 Å². The Bertz CT molecular complexity index is 287. The molecular formula is C14H28N2O3. The van der Waals surface area contributed by atoms with Gasteiger partial charge in [-0.1, -0.05) is 13.3 Å². The lowest BCUT2D eigenvalue weighted by Gasteiger charge is -2.45. The Morgan fingerprint density at radius 2 is 1.84 bits per heavy atom. The van der Waals surface area contributed by atoms with Gasteiger partial charge in [-0.2, -0.15) is 5.48 Å². The van der Waals surface area contributed by atoms with Gasteiger partial charge in [0.25, 0.3) is 0 Å². The van der Waals surface area contributed by atoms with Crippen LogP contribution in [0.5, 0.6) is 0 Å². The van der Waals surface area contributed by atoms with E-state index >= 15 is 0 Å². The Kier molecular flexibility index (Phi) is 5.62. The summed E-state index contributed by atoms with van der Waals surface area (Å²) in [6.07, 6.45) is 3.09. The molecule has 1 aliphatic heterocycles. The molecule has 1 heterocycles. The van der Waals surface area contributed by atoms with Crippen LogP contribution in [0.3, 0.4) is 0 Å². The van der Waals surface area contributed by atoms with E-state index < -0.39 is 6.09 Å². The molecule has 0 saturated carbocycles. The number of unbranched alkanes of at least 4 members (excludes halogenated alkanes) is 1. The minimum atomic E-state index is -0.498. The highest BCUT2D eigenvalue weighted by Crippen LogP contribution is 2.29. The standard InChI is InChI=1S/C14H28N2O3/c1-6-7-8-18-12(17)15-19-11-9-13(2,3)16-14(4,5)10-11/h11,16H,6-10H2,1-5H3,(H,15,17). The Hall–Kier alpha value is -0.810. The molecule has 2 N–H and O–H groups in total. The van der Waals surface area contributed by atoms with Crippen molar-refractivity contribution in [3.8, 4) is 0 Å². The lowest BCUT2D eigenvalue weighted by Crippen LogP contribution is -2.60. The highest BCUT2D eigenvalue weighted by Gasteiger charge is 2.38. The van der Waals surface area contributed by atoms with Gasteiger partial charge in [-0.05, 0) is 47.0 Å². The maximum Gasteiger partial charge on any atom is 0.431 e. The quantitative estimate of drug-likeness (QED) is 0.597. The van der Waals surface area contributed by atoms with E-state index in [9.17, 15) is 4.79 Å². The molecule has 19 heavy (non-hydrogen) atoms. The monoisotopic (exact) mass is 272 g/mol. The van der Waals surface area contributed by atoms with Crippen molar-refractivity contribution in [1.82, 2.24) is 10.8 Å². The van der Waals surface area contributed by atoms with Gasteiger partial charge in [0, 0.05) is 11.1 Å². The fourth-order valence-electron chi connectivity index (χ4n) is 2.78. The number of piperidine rings is 1. The summed E-state index contributed by atoms with van der Waals surface area (Å²) < 4.78 is 4.99. The van der Waals surface area contributed by atoms with Gasteiger partial charge in [0.15, 0.2) is 0 Å². The summed E-state index contributed by atoms with van der Waals surface area (Å²) in [5.41, 5.74) is 2.40. The molecule has 1 fully saturated rings. The van der Waals surface area contributed by atoms with Crippen LogP contribution in [0.15, 0.2) is 0 Å². The third-order valence-corrected chi connectivity index (χ3v) is 3.19. The Labute approximate surface area is 116 Å². The number of hydroxylamine groups is 1. The average Bonchev–Trinajstić information content (AvgIpc) is 2.22. The molecule has 112 valence electrons. The van der Waals surface area contributed by atoms with Crippen LogP contribution in [0, 0.1) is 0 Å². The van der Waals surface area contributed by atoms with Crippen LogP contribution in [0.4, 0.5) is 4.79 Å². The summed E-state index contributed by atoms with van der Waals surface area (Å²) >= 11 is 0. The predicted molar refractivity (Wildman–Crippen MR) is 74.8 cm³/mol. The Morgan fingerprint density at radius 1 is 1.26 bits per heavy atom. The van der Waals surface area contributed by atoms with E-state index in [4.69, 9.17) is 9.57 Å². The van der Waals surface area contributed by atoms with Crippen molar-refractivity contribution in [2.24, 2.45) is 0 Å². The molecule has 1 saturated heterocycles. The number of rotatable bonds is 5. The largest absolute Gasteiger partial charge is 0.448 e. The first-order valence-electron chi connectivity index (χ1n) is 7.12. The lowest BCUT2D eigenvalue weighted by atomic mass is 9.81. The van der Waals surface area contributed by atoms with Gasteiger partial charge in [0.1, 0.15) is 0 Å². The summed E-state index contributed by atoms with van der Waals surface area (Å²) in [5.74, 6) is 0. The molecule has 0 unspecified atom stereocenters. The van der Waals surface area contributed by atoms with Gasteiger partial charge in [0.2, 0.25) is 0 Å². The zero-order valence-electron chi connectivity index (χ0n) is 12.8. The van der Waals surface area contributed by atoms with Gasteiger partial charge in [-0.3, -0.25) is 4.84 Å². The number of amides is 1. The first kappa shape index (κ1) is 16.2. The van der Waals surface area contributed by atoms with Crippen molar-refractivity contribution in [3.63, 3.8) is 0 Å². The summed E-state index contributed by atoms with van der Waals surface area (Å²) in [4.78, 5) is 16.9. The predicted octanol–water partition coefficient (Wildman–Crippen LogP) is 2.75. The van der Waals surface area contributed by atoms with E-state index in [2.05, 4.69) is 45.4 Å². The molecule has 0 radical (unpaired) electrons. The molecule has 0 spiro atoms. The van der Waals surface area contributed by atoms with Crippen molar-refractivity contribution < 1.29 is 14.4 Å². The summed E-state index contributed by atoms with van der Waals surface area (Å²) in [7, 11) is 0. The zero-order chi connectivity index (χ0) is 14.5. The second-order valence-electron chi connectivity index (χ2n) is 6.63. The summed E-state index contributed by atoms with van der Waals surface area (Å²) in [6, 6.07) is 0. The molecule has 0 aromatic rings. The molecule has 1 rings (SSSR count). The van der Waals surface area contributed by atoms with Crippen LogP contribution in [-0.2, 0) is 9.57 Å². The van der Waals surface area contributed by atoms with Gasteiger partial charge < -0.3 is 10.1 Å². The van der Waals surface area contributed by atoms with E-state index in [1.54, 1.807) is 0 Å². The second kappa shape index (κ2) is 6.57. The normalized spacial score (nSPS) is 21.9. The number of nitrogens with one attached hydrogen (secondary N) is 2. The third kappa shape index (κ3) is 6.25. The minimum absolute atomic E-state index is 0.000210. The Morgan fingerprint density at radius 3 is 2.37 bits per heavy atom. The molecule has 5 nitrogen and oxygen atoms in total. The number of ether oxygens (including phenoxy) is 1. The van der Waals surface area contributed by atoms with E-state index in [0.29, 0.717) is 6.61 Å². The molecule has 0 aromatic heterocycles. The fourth-order valence-corrected chi connectivity index (χ4v) is 2.78. The molecule has 1 aliphatic rings. The fraction of sp³-hybridized carbons (Fsp3) is 0.929. The molecule has 5 heteroatoms. The van der Waals surface area contributed by atoms with Crippen LogP contribution < -0.4 is 10.8 Å². The number of hydrogen-bond donors (Lipinski definition) is 2. The smallest absolute Gasteiger partial charge is 0.431 e. The molecule has 0 atom stereocenters.